The van der Waals surface area contributed by atoms with Crippen LogP contribution in [0.15, 0.2) is 47.5 Å². The number of aromatic nitrogens is 2. The molecule has 0 unspecified atom stereocenters. The Labute approximate surface area is 182 Å². The van der Waals surface area contributed by atoms with Gasteiger partial charge in [0.1, 0.15) is 0 Å². The molecule has 0 fully saturated rings. The molecule has 1 amide bonds. The number of benzene rings is 2. The topological polar surface area (TPSA) is 71.3 Å². The average molecular weight is 424 g/mol. The molecule has 0 saturated carbocycles. The first-order valence-electron chi connectivity index (χ1n) is 9.70. The van der Waals surface area contributed by atoms with Gasteiger partial charge in [0.15, 0.2) is 0 Å². The zero-order valence-electron chi connectivity index (χ0n) is 17.9. The summed E-state index contributed by atoms with van der Waals surface area (Å²) in [7, 11) is 1.91. The molecule has 0 aliphatic rings. The van der Waals surface area contributed by atoms with E-state index in [9.17, 15) is 4.79 Å². The van der Waals surface area contributed by atoms with Crippen molar-refractivity contribution in [2.24, 2.45) is 12.0 Å². The molecule has 0 radical (unpaired) electrons. The molecule has 3 rings (SSSR count). The SMILES string of the molecule is Cc1ccc(NC(=NCc2c(C)nn(C)c2C)NC(=O)c2ccccc2Cl)c(C)c1. The lowest BCUT2D eigenvalue weighted by Gasteiger charge is -2.14. The third-order valence-corrected chi connectivity index (χ3v) is 5.37. The number of halogens is 1. The number of carbonyl (C=O) groups excluding carboxylic acids is 1. The van der Waals surface area contributed by atoms with Gasteiger partial charge < -0.3 is 5.32 Å². The molecule has 3 aromatic rings. The molecule has 1 aromatic heterocycles. The molecule has 0 saturated heterocycles. The number of guanidine groups is 1. The predicted octanol–water partition coefficient (Wildman–Crippen LogP) is 4.71. The highest BCUT2D eigenvalue weighted by molar-refractivity contribution is 6.34. The van der Waals surface area contributed by atoms with Gasteiger partial charge in [-0.2, -0.15) is 5.10 Å². The van der Waals surface area contributed by atoms with Crippen molar-refractivity contribution in [3.05, 3.63) is 81.1 Å². The van der Waals surface area contributed by atoms with Crippen LogP contribution in [0.25, 0.3) is 0 Å². The van der Waals surface area contributed by atoms with Crippen molar-refractivity contribution in [3.8, 4) is 0 Å². The van der Waals surface area contributed by atoms with Crippen molar-refractivity contribution in [2.75, 3.05) is 5.32 Å². The number of carbonyl (C=O) groups is 1. The minimum Gasteiger partial charge on any atom is -0.326 e. The molecule has 0 spiro atoms. The molecule has 2 N–H and O–H groups in total. The zero-order valence-corrected chi connectivity index (χ0v) is 18.6. The molecular formula is C23H26ClN5O. The van der Waals surface area contributed by atoms with Crippen molar-refractivity contribution < 1.29 is 4.79 Å². The zero-order chi connectivity index (χ0) is 21.8. The Kier molecular flexibility index (Phi) is 6.57. The second kappa shape index (κ2) is 9.13. The van der Waals surface area contributed by atoms with E-state index in [0.29, 0.717) is 23.1 Å². The highest BCUT2D eigenvalue weighted by Crippen LogP contribution is 2.18. The van der Waals surface area contributed by atoms with Crippen molar-refractivity contribution in [1.82, 2.24) is 15.1 Å². The van der Waals surface area contributed by atoms with Gasteiger partial charge in [-0.3, -0.25) is 14.8 Å². The van der Waals surface area contributed by atoms with Crippen molar-refractivity contribution in [3.63, 3.8) is 0 Å². The van der Waals surface area contributed by atoms with E-state index in [4.69, 9.17) is 11.6 Å². The first-order chi connectivity index (χ1) is 14.3. The van der Waals surface area contributed by atoms with Crippen LogP contribution in [0.3, 0.4) is 0 Å². The molecule has 6 nitrogen and oxygen atoms in total. The summed E-state index contributed by atoms with van der Waals surface area (Å²) >= 11 is 6.19. The second-order valence-electron chi connectivity index (χ2n) is 7.32. The normalized spacial score (nSPS) is 11.5. The highest BCUT2D eigenvalue weighted by Gasteiger charge is 2.14. The van der Waals surface area contributed by atoms with Crippen molar-refractivity contribution >= 4 is 29.2 Å². The summed E-state index contributed by atoms with van der Waals surface area (Å²) in [5.74, 6) is 0.0331. The lowest BCUT2D eigenvalue weighted by molar-refractivity contribution is 0.0977. The Bertz CT molecular complexity index is 1120. The first-order valence-corrected chi connectivity index (χ1v) is 10.1. The van der Waals surface area contributed by atoms with Crippen molar-refractivity contribution in [1.29, 1.82) is 0 Å². The monoisotopic (exact) mass is 423 g/mol. The Morgan fingerprint density at radius 1 is 1.13 bits per heavy atom. The van der Waals surface area contributed by atoms with Gasteiger partial charge in [-0.05, 0) is 51.5 Å². The van der Waals surface area contributed by atoms with E-state index in [0.717, 1.165) is 28.2 Å². The molecular weight excluding hydrogens is 398 g/mol. The summed E-state index contributed by atoms with van der Waals surface area (Å²) in [5, 5.41) is 11.0. The van der Waals surface area contributed by atoms with Crippen LogP contribution in [-0.2, 0) is 13.6 Å². The first kappa shape index (κ1) is 21.6. The molecule has 2 aromatic carbocycles. The standard InChI is InChI=1S/C23H26ClN5O/c1-14-10-11-21(15(2)12-14)26-23(25-13-19-16(3)28-29(5)17(19)4)27-22(30)18-8-6-7-9-20(18)24/h6-12H,13H2,1-5H3,(H2,25,26,27,30). The van der Waals surface area contributed by atoms with E-state index in [-0.39, 0.29) is 5.91 Å². The second-order valence-corrected chi connectivity index (χ2v) is 7.72. The summed E-state index contributed by atoms with van der Waals surface area (Å²) in [6, 6.07) is 13.0. The van der Waals surface area contributed by atoms with E-state index in [1.807, 2.05) is 51.6 Å². The lowest BCUT2D eigenvalue weighted by Crippen LogP contribution is -2.36. The van der Waals surface area contributed by atoms with Crippen LogP contribution >= 0.6 is 11.6 Å². The Morgan fingerprint density at radius 3 is 2.50 bits per heavy atom. The molecule has 156 valence electrons. The Hall–Kier alpha value is -3.12. The predicted molar refractivity (Wildman–Crippen MR) is 122 cm³/mol. The quantitative estimate of drug-likeness (QED) is 0.471. The molecule has 7 heteroatoms. The van der Waals surface area contributed by atoms with Gasteiger partial charge in [0, 0.05) is 24.0 Å². The lowest BCUT2D eigenvalue weighted by atomic mass is 10.1. The third-order valence-electron chi connectivity index (χ3n) is 5.04. The minimum absolute atomic E-state index is 0.323. The minimum atomic E-state index is -0.323. The van der Waals surface area contributed by atoms with Gasteiger partial charge >= 0.3 is 0 Å². The van der Waals surface area contributed by atoms with E-state index in [1.165, 1.54) is 5.56 Å². The van der Waals surface area contributed by atoms with Crippen LogP contribution in [-0.4, -0.2) is 21.6 Å². The van der Waals surface area contributed by atoms with Gasteiger partial charge in [-0.25, -0.2) is 4.99 Å². The van der Waals surface area contributed by atoms with E-state index < -0.39 is 0 Å². The molecule has 0 aliphatic heterocycles. The number of nitrogens with one attached hydrogen (secondary N) is 2. The van der Waals surface area contributed by atoms with Crippen LogP contribution in [0.4, 0.5) is 5.69 Å². The third kappa shape index (κ3) is 4.89. The molecule has 30 heavy (non-hydrogen) atoms. The summed E-state index contributed by atoms with van der Waals surface area (Å²) in [5.41, 5.74) is 6.48. The van der Waals surface area contributed by atoms with Crippen molar-refractivity contribution in [2.45, 2.75) is 34.2 Å². The summed E-state index contributed by atoms with van der Waals surface area (Å²) in [6.45, 7) is 8.40. The fourth-order valence-corrected chi connectivity index (χ4v) is 3.44. The van der Waals surface area contributed by atoms with Gasteiger partial charge in [0.2, 0.25) is 5.96 Å². The Morgan fingerprint density at radius 2 is 1.87 bits per heavy atom. The fraction of sp³-hybridized carbons (Fsp3) is 0.261. The van der Waals surface area contributed by atoms with Crippen LogP contribution < -0.4 is 10.6 Å². The van der Waals surface area contributed by atoms with Crippen LogP contribution in [0.2, 0.25) is 5.02 Å². The highest BCUT2D eigenvalue weighted by atomic mass is 35.5. The molecule has 1 heterocycles. The van der Waals surface area contributed by atoms with Gasteiger partial charge in [-0.15, -0.1) is 0 Å². The maximum atomic E-state index is 12.8. The smallest absolute Gasteiger partial charge is 0.259 e. The number of nitrogens with zero attached hydrogens (tertiary/aromatic N) is 3. The number of hydrogen-bond donors (Lipinski definition) is 2. The molecule has 0 bridgehead atoms. The Balaban J connectivity index is 1.91. The summed E-state index contributed by atoms with van der Waals surface area (Å²) < 4.78 is 1.83. The fourth-order valence-electron chi connectivity index (χ4n) is 3.22. The maximum Gasteiger partial charge on any atom is 0.259 e. The number of aliphatic imine (C=N–C) groups is 1. The average Bonchev–Trinajstić information content (AvgIpc) is 2.93. The molecule has 0 aliphatic carbocycles. The van der Waals surface area contributed by atoms with E-state index in [2.05, 4.69) is 26.8 Å². The van der Waals surface area contributed by atoms with E-state index >= 15 is 0 Å². The number of anilines is 1. The van der Waals surface area contributed by atoms with Crippen LogP contribution in [0, 0.1) is 27.7 Å². The van der Waals surface area contributed by atoms with Crippen LogP contribution in [0.5, 0.6) is 0 Å². The summed E-state index contributed by atoms with van der Waals surface area (Å²) in [4.78, 5) is 17.5. The van der Waals surface area contributed by atoms with Gasteiger partial charge in [-0.1, -0.05) is 41.4 Å². The van der Waals surface area contributed by atoms with Crippen LogP contribution in [0.1, 0.15) is 38.4 Å². The number of rotatable bonds is 4. The number of hydrogen-bond acceptors (Lipinski definition) is 3. The number of aryl methyl sites for hydroxylation is 4. The van der Waals surface area contributed by atoms with Gasteiger partial charge in [0.05, 0.1) is 22.8 Å². The molecule has 0 atom stereocenters. The largest absolute Gasteiger partial charge is 0.326 e. The number of amides is 1. The summed E-state index contributed by atoms with van der Waals surface area (Å²) in [6.07, 6.45) is 0. The maximum absolute atomic E-state index is 12.8. The van der Waals surface area contributed by atoms with E-state index in [1.54, 1.807) is 24.3 Å². The van der Waals surface area contributed by atoms with Gasteiger partial charge in [0.25, 0.3) is 5.91 Å².